The second-order valence-corrected chi connectivity index (χ2v) is 8.27. The highest BCUT2D eigenvalue weighted by Crippen LogP contribution is 2.40. The highest BCUT2D eigenvalue weighted by molar-refractivity contribution is 6.25. The molecule has 0 unspecified atom stereocenters. The van der Waals surface area contributed by atoms with Gasteiger partial charge in [0, 0.05) is 0 Å². The highest BCUT2D eigenvalue weighted by atomic mass is 14.2. The molecule has 0 heterocycles. The molecule has 0 nitrogen and oxygen atoms in total. The average Bonchev–Trinajstić information content (AvgIpc) is 2.60. The maximum absolute atomic E-state index is 3.96. The fourth-order valence-electron chi connectivity index (χ4n) is 4.09. The van der Waals surface area contributed by atoms with E-state index in [1.165, 1.54) is 49.0 Å². The van der Waals surface area contributed by atoms with E-state index in [0.717, 1.165) is 6.42 Å². The van der Waals surface area contributed by atoms with Crippen molar-refractivity contribution in [2.75, 3.05) is 0 Å². The predicted octanol–water partition coefficient (Wildman–Crippen LogP) is 7.64. The van der Waals surface area contributed by atoms with E-state index in [1.807, 2.05) is 6.08 Å². The van der Waals surface area contributed by atoms with E-state index >= 15 is 0 Å². The molecule has 0 bridgehead atoms. The van der Waals surface area contributed by atoms with Crippen molar-refractivity contribution in [3.63, 3.8) is 0 Å². The Balaban J connectivity index is 2.21. The number of hydrogen-bond donors (Lipinski definition) is 0. The van der Waals surface area contributed by atoms with Crippen LogP contribution >= 0.6 is 0 Å². The Kier molecular flexibility index (Phi) is 3.88. The van der Waals surface area contributed by atoms with Gasteiger partial charge in [0.1, 0.15) is 0 Å². The summed E-state index contributed by atoms with van der Waals surface area (Å²) in [7, 11) is 0. The second-order valence-electron chi connectivity index (χ2n) is 8.27. The third-order valence-corrected chi connectivity index (χ3v) is 5.41. The third-order valence-electron chi connectivity index (χ3n) is 5.41. The Labute approximate surface area is 156 Å². The standard InChI is InChI=1S/C26H26/c1-6-8-17-14-18(9-7-2)23-13-11-20-16-21(26(3,4)5)15-19-10-12-22(17)25(23)24(19)20/h6-7,9-16H,1,8H2,2-5H3/b9-7+. The van der Waals surface area contributed by atoms with E-state index < -0.39 is 0 Å². The van der Waals surface area contributed by atoms with Gasteiger partial charge >= 0.3 is 0 Å². The van der Waals surface area contributed by atoms with Gasteiger partial charge in [-0.1, -0.05) is 81.5 Å². The smallest absolute Gasteiger partial charge is 0.00179 e. The summed E-state index contributed by atoms with van der Waals surface area (Å²) < 4.78 is 0. The SMILES string of the molecule is C=CCc1cc(/C=C/C)c2ccc3cc(C(C)(C)C)cc4ccc1c2c34. The van der Waals surface area contributed by atoms with Crippen molar-refractivity contribution >= 4 is 38.4 Å². The molecule has 0 saturated heterocycles. The monoisotopic (exact) mass is 338 g/mol. The predicted molar refractivity (Wildman–Crippen MR) is 117 cm³/mol. The zero-order chi connectivity index (χ0) is 18.5. The van der Waals surface area contributed by atoms with Crippen molar-refractivity contribution in [1.82, 2.24) is 0 Å². The Morgan fingerprint density at radius 3 is 2.12 bits per heavy atom. The summed E-state index contributed by atoms with van der Waals surface area (Å²) in [4.78, 5) is 0. The van der Waals surface area contributed by atoms with E-state index in [2.05, 4.69) is 88.9 Å². The molecule has 0 aliphatic carbocycles. The quantitative estimate of drug-likeness (QED) is 0.266. The molecule has 4 aromatic rings. The Hall–Kier alpha value is -2.60. The van der Waals surface area contributed by atoms with Crippen LogP contribution in [0.4, 0.5) is 0 Å². The first-order valence-corrected chi connectivity index (χ1v) is 9.42. The minimum absolute atomic E-state index is 0.147. The maximum atomic E-state index is 3.96. The molecule has 0 saturated carbocycles. The van der Waals surface area contributed by atoms with Crippen molar-refractivity contribution < 1.29 is 0 Å². The van der Waals surface area contributed by atoms with Gasteiger partial charge < -0.3 is 0 Å². The molecule has 4 rings (SSSR count). The zero-order valence-corrected chi connectivity index (χ0v) is 16.2. The number of rotatable bonds is 3. The van der Waals surface area contributed by atoms with Gasteiger partial charge in [0.05, 0.1) is 0 Å². The first kappa shape index (κ1) is 16.8. The van der Waals surface area contributed by atoms with Gasteiger partial charge in [-0.05, 0) is 67.8 Å². The number of allylic oxidation sites excluding steroid dienone is 2. The second kappa shape index (κ2) is 5.99. The van der Waals surface area contributed by atoms with E-state index in [4.69, 9.17) is 0 Å². The minimum Gasteiger partial charge on any atom is -0.103 e. The summed E-state index contributed by atoms with van der Waals surface area (Å²) >= 11 is 0. The van der Waals surface area contributed by atoms with Gasteiger partial charge in [-0.15, -0.1) is 6.58 Å². The summed E-state index contributed by atoms with van der Waals surface area (Å²) in [6.07, 6.45) is 7.25. The molecule has 0 atom stereocenters. The molecular formula is C26H26. The summed E-state index contributed by atoms with van der Waals surface area (Å²) in [6, 6.07) is 16.2. The average molecular weight is 338 g/mol. The van der Waals surface area contributed by atoms with E-state index in [9.17, 15) is 0 Å². The molecule has 4 aromatic carbocycles. The molecule has 0 fully saturated rings. The van der Waals surface area contributed by atoms with Crippen LogP contribution in [0.3, 0.4) is 0 Å². The number of hydrogen-bond acceptors (Lipinski definition) is 0. The fourth-order valence-corrected chi connectivity index (χ4v) is 4.09. The van der Waals surface area contributed by atoms with Crippen LogP contribution in [0, 0.1) is 0 Å². The summed E-state index contributed by atoms with van der Waals surface area (Å²) in [5, 5.41) is 8.17. The molecule has 0 heteroatoms. The van der Waals surface area contributed by atoms with Gasteiger partial charge in [0.25, 0.3) is 0 Å². The van der Waals surface area contributed by atoms with Gasteiger partial charge in [-0.3, -0.25) is 0 Å². The Morgan fingerprint density at radius 1 is 0.885 bits per heavy atom. The molecule has 26 heavy (non-hydrogen) atoms. The topological polar surface area (TPSA) is 0 Å². The molecule has 0 aliphatic rings. The van der Waals surface area contributed by atoms with Crippen LogP contribution in [0.15, 0.2) is 61.2 Å². The summed E-state index contributed by atoms with van der Waals surface area (Å²) in [6.45, 7) is 12.9. The minimum atomic E-state index is 0.147. The van der Waals surface area contributed by atoms with Crippen molar-refractivity contribution in [2.45, 2.75) is 39.5 Å². The maximum Gasteiger partial charge on any atom is -0.00179 e. The van der Waals surface area contributed by atoms with Crippen LogP contribution in [0.25, 0.3) is 38.4 Å². The van der Waals surface area contributed by atoms with Crippen LogP contribution in [-0.4, -0.2) is 0 Å². The van der Waals surface area contributed by atoms with Crippen molar-refractivity contribution in [3.8, 4) is 0 Å². The van der Waals surface area contributed by atoms with Gasteiger partial charge in [0.15, 0.2) is 0 Å². The van der Waals surface area contributed by atoms with Crippen LogP contribution in [0.1, 0.15) is 44.4 Å². The van der Waals surface area contributed by atoms with E-state index in [-0.39, 0.29) is 5.41 Å². The lowest BCUT2D eigenvalue weighted by Gasteiger charge is -2.22. The third kappa shape index (κ3) is 2.52. The number of benzene rings is 4. The summed E-state index contributed by atoms with van der Waals surface area (Å²) in [5.74, 6) is 0. The summed E-state index contributed by atoms with van der Waals surface area (Å²) in [5.41, 5.74) is 4.19. The molecule has 0 aliphatic heterocycles. The van der Waals surface area contributed by atoms with Crippen LogP contribution < -0.4 is 0 Å². The molecule has 0 radical (unpaired) electrons. The molecule has 0 N–H and O–H groups in total. The first-order chi connectivity index (χ1) is 12.4. The molecular weight excluding hydrogens is 312 g/mol. The van der Waals surface area contributed by atoms with E-state index in [1.54, 1.807) is 0 Å². The Bertz CT molecular complexity index is 1130. The highest BCUT2D eigenvalue weighted by Gasteiger charge is 2.18. The van der Waals surface area contributed by atoms with Crippen LogP contribution in [0.2, 0.25) is 0 Å². The van der Waals surface area contributed by atoms with Crippen molar-refractivity contribution in [2.24, 2.45) is 0 Å². The molecule has 130 valence electrons. The largest absolute Gasteiger partial charge is 0.103 e. The van der Waals surface area contributed by atoms with Gasteiger partial charge in [0.2, 0.25) is 0 Å². The lowest BCUT2D eigenvalue weighted by Crippen LogP contribution is -2.10. The van der Waals surface area contributed by atoms with Crippen molar-refractivity contribution in [3.05, 3.63) is 77.9 Å². The lowest BCUT2D eigenvalue weighted by atomic mass is 9.82. The fraction of sp³-hybridized carbons (Fsp3) is 0.231. The molecule has 0 spiro atoms. The molecule has 0 aromatic heterocycles. The van der Waals surface area contributed by atoms with Gasteiger partial charge in [-0.2, -0.15) is 0 Å². The first-order valence-electron chi connectivity index (χ1n) is 9.42. The zero-order valence-electron chi connectivity index (χ0n) is 16.2. The van der Waals surface area contributed by atoms with Crippen LogP contribution in [-0.2, 0) is 11.8 Å². The van der Waals surface area contributed by atoms with Gasteiger partial charge in [-0.25, -0.2) is 0 Å². The Morgan fingerprint density at radius 2 is 1.54 bits per heavy atom. The normalized spacial score (nSPS) is 12.8. The van der Waals surface area contributed by atoms with E-state index in [0.29, 0.717) is 0 Å². The lowest BCUT2D eigenvalue weighted by molar-refractivity contribution is 0.591. The van der Waals surface area contributed by atoms with Crippen LogP contribution in [0.5, 0.6) is 0 Å². The van der Waals surface area contributed by atoms with Crippen molar-refractivity contribution in [1.29, 1.82) is 0 Å². The molecule has 0 amide bonds.